The minimum Gasteiger partial charge on any atom is -0.289 e. The van der Waals surface area contributed by atoms with E-state index in [2.05, 4.69) is 6.08 Å². The molecule has 0 fully saturated rings. The van der Waals surface area contributed by atoms with Gasteiger partial charge in [-0.15, -0.1) is 0 Å². The Hall–Kier alpha value is -2.82. The number of allylic oxidation sites excluding steroid dienone is 2. The first-order chi connectivity index (χ1) is 10.6. The van der Waals surface area contributed by atoms with E-state index in [0.29, 0.717) is 5.56 Å². The van der Waals surface area contributed by atoms with E-state index < -0.39 is 16.4 Å². The molecule has 110 valence electrons. The largest absolute Gasteiger partial charge is 0.305 e. The summed E-state index contributed by atoms with van der Waals surface area (Å²) < 4.78 is 13.3. The van der Waals surface area contributed by atoms with Crippen molar-refractivity contribution < 1.29 is 14.1 Å². The maximum Gasteiger partial charge on any atom is 0.305 e. The normalized spacial score (nSPS) is 13.2. The highest BCUT2D eigenvalue weighted by atomic mass is 19.1. The average Bonchev–Trinajstić information content (AvgIpc) is 2.46. The average molecular weight is 297 g/mol. The zero-order chi connectivity index (χ0) is 15.7. The van der Waals surface area contributed by atoms with Crippen LogP contribution in [0.2, 0.25) is 0 Å². The summed E-state index contributed by atoms with van der Waals surface area (Å²) in [6.07, 6.45) is 4.26. The summed E-state index contributed by atoms with van der Waals surface area (Å²) in [6, 6.07) is 10.3. The van der Waals surface area contributed by atoms with Crippen molar-refractivity contribution in [2.45, 2.75) is 12.8 Å². The summed E-state index contributed by atoms with van der Waals surface area (Å²) in [6.45, 7) is 0. The number of halogens is 1. The first kappa shape index (κ1) is 14.1. The molecule has 4 nitrogen and oxygen atoms in total. The topological polar surface area (TPSA) is 60.2 Å². The molecule has 0 atom stereocenters. The highest BCUT2D eigenvalue weighted by molar-refractivity contribution is 6.09. The van der Waals surface area contributed by atoms with Crippen molar-refractivity contribution in [3.8, 4) is 0 Å². The number of nitro benzene ring substituents is 1. The van der Waals surface area contributed by atoms with Crippen LogP contribution in [0.1, 0.15) is 34.3 Å². The van der Waals surface area contributed by atoms with Gasteiger partial charge in [-0.2, -0.15) is 4.39 Å². The number of carbonyl (C=O) groups excluding carboxylic acids is 1. The van der Waals surface area contributed by atoms with Crippen LogP contribution in [0.3, 0.4) is 0 Å². The Morgan fingerprint density at radius 1 is 1.09 bits per heavy atom. The third-order valence-corrected chi connectivity index (χ3v) is 3.73. The molecule has 2 aromatic rings. The summed E-state index contributed by atoms with van der Waals surface area (Å²) in [7, 11) is 0. The lowest BCUT2D eigenvalue weighted by Gasteiger charge is -2.14. The fourth-order valence-electron chi connectivity index (χ4n) is 2.35. The summed E-state index contributed by atoms with van der Waals surface area (Å²) in [5.41, 5.74) is 2.17. The second-order valence-electron chi connectivity index (χ2n) is 5.10. The molecule has 0 aromatic heterocycles. The molecule has 0 unspecified atom stereocenters. The molecule has 0 saturated carbocycles. The van der Waals surface area contributed by atoms with E-state index in [9.17, 15) is 19.3 Å². The maximum absolute atomic E-state index is 13.3. The van der Waals surface area contributed by atoms with Crippen LogP contribution in [0.15, 0.2) is 48.5 Å². The van der Waals surface area contributed by atoms with Crippen molar-refractivity contribution >= 4 is 17.0 Å². The Bertz CT molecular complexity index is 794. The van der Waals surface area contributed by atoms with Gasteiger partial charge in [0.05, 0.1) is 4.92 Å². The molecule has 0 saturated heterocycles. The summed E-state index contributed by atoms with van der Waals surface area (Å²) in [4.78, 5) is 22.2. The van der Waals surface area contributed by atoms with Gasteiger partial charge in [0.15, 0.2) is 5.78 Å². The molecule has 0 bridgehead atoms. The summed E-state index contributed by atoms with van der Waals surface area (Å²) in [5, 5.41) is 10.7. The van der Waals surface area contributed by atoms with E-state index >= 15 is 0 Å². The molecule has 0 N–H and O–H groups in total. The van der Waals surface area contributed by atoms with Crippen molar-refractivity contribution in [1.82, 2.24) is 0 Å². The Morgan fingerprint density at radius 3 is 2.27 bits per heavy atom. The maximum atomic E-state index is 13.3. The van der Waals surface area contributed by atoms with Crippen molar-refractivity contribution in [3.63, 3.8) is 0 Å². The second-order valence-corrected chi connectivity index (χ2v) is 5.10. The quantitative estimate of drug-likeness (QED) is 0.484. The van der Waals surface area contributed by atoms with E-state index in [1.807, 2.05) is 12.1 Å². The van der Waals surface area contributed by atoms with Gasteiger partial charge in [0.1, 0.15) is 0 Å². The SMILES string of the molecule is O=C(c1ccc(C2=CCC2)cc1)c1ccc(F)c([N+](=O)[O-])c1. The first-order valence-electron chi connectivity index (χ1n) is 6.84. The Kier molecular flexibility index (Phi) is 3.55. The van der Waals surface area contributed by atoms with Crippen molar-refractivity contribution in [2.24, 2.45) is 0 Å². The number of hydrogen-bond acceptors (Lipinski definition) is 3. The summed E-state index contributed by atoms with van der Waals surface area (Å²) >= 11 is 0. The Labute approximate surface area is 126 Å². The predicted octanol–water partition coefficient (Wildman–Crippen LogP) is 4.14. The fraction of sp³-hybridized carbons (Fsp3) is 0.118. The number of carbonyl (C=O) groups is 1. The van der Waals surface area contributed by atoms with Gasteiger partial charge < -0.3 is 0 Å². The number of nitro groups is 1. The lowest BCUT2D eigenvalue weighted by molar-refractivity contribution is -0.387. The van der Waals surface area contributed by atoms with Gasteiger partial charge in [-0.25, -0.2) is 0 Å². The van der Waals surface area contributed by atoms with E-state index in [0.717, 1.165) is 30.5 Å². The molecule has 1 aliphatic carbocycles. The molecule has 5 heteroatoms. The van der Waals surface area contributed by atoms with Crippen LogP contribution in [0.5, 0.6) is 0 Å². The van der Waals surface area contributed by atoms with Crippen LogP contribution in [0.25, 0.3) is 5.57 Å². The highest BCUT2D eigenvalue weighted by Gasteiger charge is 2.18. The zero-order valence-corrected chi connectivity index (χ0v) is 11.6. The number of rotatable bonds is 4. The van der Waals surface area contributed by atoms with Crippen molar-refractivity contribution in [2.75, 3.05) is 0 Å². The zero-order valence-electron chi connectivity index (χ0n) is 11.6. The van der Waals surface area contributed by atoms with Gasteiger partial charge in [0, 0.05) is 17.2 Å². The highest BCUT2D eigenvalue weighted by Crippen LogP contribution is 2.29. The Balaban J connectivity index is 1.90. The third-order valence-electron chi connectivity index (χ3n) is 3.73. The number of benzene rings is 2. The summed E-state index contributed by atoms with van der Waals surface area (Å²) in [5.74, 6) is -1.31. The standard InChI is InChI=1S/C17H12FNO3/c18-15-9-8-14(10-16(15)19(21)22)17(20)13-6-4-12(5-7-13)11-2-1-3-11/h2,4-10H,1,3H2. The van der Waals surface area contributed by atoms with Crippen LogP contribution < -0.4 is 0 Å². The lowest BCUT2D eigenvalue weighted by Crippen LogP contribution is -2.04. The molecule has 22 heavy (non-hydrogen) atoms. The number of hydrogen-bond donors (Lipinski definition) is 0. The van der Waals surface area contributed by atoms with Gasteiger partial charge in [0.2, 0.25) is 5.82 Å². The van der Waals surface area contributed by atoms with Crippen molar-refractivity contribution in [3.05, 3.63) is 81.2 Å². The van der Waals surface area contributed by atoms with Crippen LogP contribution in [-0.2, 0) is 0 Å². The van der Waals surface area contributed by atoms with E-state index in [-0.39, 0.29) is 11.3 Å². The Morgan fingerprint density at radius 2 is 1.73 bits per heavy atom. The molecule has 0 heterocycles. The molecular weight excluding hydrogens is 285 g/mol. The van der Waals surface area contributed by atoms with Gasteiger partial charge in [-0.1, -0.05) is 30.3 Å². The van der Waals surface area contributed by atoms with Gasteiger partial charge in [-0.05, 0) is 36.1 Å². The first-order valence-corrected chi connectivity index (χ1v) is 6.84. The van der Waals surface area contributed by atoms with Gasteiger partial charge in [-0.3, -0.25) is 14.9 Å². The van der Waals surface area contributed by atoms with Crippen LogP contribution in [0.4, 0.5) is 10.1 Å². The lowest BCUT2D eigenvalue weighted by atomic mass is 9.91. The van der Waals surface area contributed by atoms with Crippen molar-refractivity contribution in [1.29, 1.82) is 0 Å². The molecular formula is C17H12FNO3. The molecule has 0 aliphatic heterocycles. The van der Waals surface area contributed by atoms with Crippen LogP contribution in [-0.4, -0.2) is 10.7 Å². The monoisotopic (exact) mass is 297 g/mol. The van der Waals surface area contributed by atoms with Crippen LogP contribution in [0, 0.1) is 15.9 Å². The molecule has 0 amide bonds. The third kappa shape index (κ3) is 2.53. The van der Waals surface area contributed by atoms with E-state index in [4.69, 9.17) is 0 Å². The van der Waals surface area contributed by atoms with E-state index in [1.165, 1.54) is 11.6 Å². The number of ketones is 1. The minimum atomic E-state index is -0.950. The van der Waals surface area contributed by atoms with Gasteiger partial charge in [0.25, 0.3) is 0 Å². The molecule has 0 spiro atoms. The van der Waals surface area contributed by atoms with E-state index in [1.54, 1.807) is 12.1 Å². The second kappa shape index (κ2) is 5.52. The smallest absolute Gasteiger partial charge is 0.289 e. The molecule has 2 aromatic carbocycles. The molecule has 0 radical (unpaired) electrons. The minimum absolute atomic E-state index is 0.101. The van der Waals surface area contributed by atoms with Gasteiger partial charge >= 0.3 is 5.69 Å². The number of nitrogens with zero attached hydrogens (tertiary/aromatic N) is 1. The molecule has 1 aliphatic rings. The fourth-order valence-corrected chi connectivity index (χ4v) is 2.35. The van der Waals surface area contributed by atoms with Crippen LogP contribution >= 0.6 is 0 Å². The predicted molar refractivity (Wildman–Crippen MR) is 80.1 cm³/mol. The molecule has 3 rings (SSSR count).